The second kappa shape index (κ2) is 6.07. The lowest BCUT2D eigenvalue weighted by Crippen LogP contribution is -2.10. The number of pyridine rings is 1. The minimum atomic E-state index is 0.763. The standard InChI is InChI=1S/C16H22N4/c17-15-6-8-18-10-14(15)16-11-19-12-20(16)9-7-13-4-2-1-3-5-13/h6,8,10-13H,1-5,7,9H2,(H2,17,18). The maximum Gasteiger partial charge on any atom is 0.0950 e. The van der Waals surface area contributed by atoms with Gasteiger partial charge in [-0.05, 0) is 18.4 Å². The third-order valence-corrected chi connectivity index (χ3v) is 4.35. The Morgan fingerprint density at radius 2 is 2.00 bits per heavy atom. The predicted octanol–water partition coefficient (Wildman–Crippen LogP) is 3.50. The van der Waals surface area contributed by atoms with E-state index in [0.717, 1.165) is 29.4 Å². The van der Waals surface area contributed by atoms with Gasteiger partial charge in [0.05, 0.1) is 18.2 Å². The molecule has 0 aromatic carbocycles. The molecule has 0 unspecified atom stereocenters. The number of aromatic nitrogens is 3. The summed E-state index contributed by atoms with van der Waals surface area (Å²) < 4.78 is 2.21. The Morgan fingerprint density at radius 3 is 2.80 bits per heavy atom. The Labute approximate surface area is 120 Å². The molecular weight excluding hydrogens is 248 g/mol. The van der Waals surface area contributed by atoms with Crippen molar-refractivity contribution in [3.8, 4) is 11.3 Å². The third-order valence-electron chi connectivity index (χ3n) is 4.35. The smallest absolute Gasteiger partial charge is 0.0950 e. The molecule has 0 atom stereocenters. The number of nitrogen functional groups attached to an aromatic ring is 1. The first-order valence-electron chi connectivity index (χ1n) is 7.54. The highest BCUT2D eigenvalue weighted by molar-refractivity contribution is 5.72. The topological polar surface area (TPSA) is 56.7 Å². The lowest BCUT2D eigenvalue weighted by Gasteiger charge is -2.22. The van der Waals surface area contributed by atoms with Gasteiger partial charge in [-0.3, -0.25) is 4.98 Å². The molecule has 0 spiro atoms. The van der Waals surface area contributed by atoms with Gasteiger partial charge in [0.25, 0.3) is 0 Å². The molecule has 20 heavy (non-hydrogen) atoms. The Kier molecular flexibility index (Phi) is 4.00. The molecule has 4 heteroatoms. The van der Waals surface area contributed by atoms with Gasteiger partial charge in [0.1, 0.15) is 0 Å². The van der Waals surface area contributed by atoms with Crippen LogP contribution in [0.25, 0.3) is 11.3 Å². The van der Waals surface area contributed by atoms with Crippen molar-refractivity contribution >= 4 is 5.69 Å². The molecule has 1 fully saturated rings. The fourth-order valence-electron chi connectivity index (χ4n) is 3.14. The molecule has 2 heterocycles. The Balaban J connectivity index is 1.72. The van der Waals surface area contributed by atoms with Crippen LogP contribution in [0.5, 0.6) is 0 Å². The minimum absolute atomic E-state index is 0.763. The van der Waals surface area contributed by atoms with Crippen molar-refractivity contribution in [3.63, 3.8) is 0 Å². The molecule has 106 valence electrons. The summed E-state index contributed by atoms with van der Waals surface area (Å²) >= 11 is 0. The van der Waals surface area contributed by atoms with E-state index in [1.807, 2.05) is 24.8 Å². The summed E-state index contributed by atoms with van der Waals surface area (Å²) in [6.07, 6.45) is 15.6. The molecule has 0 aliphatic heterocycles. The van der Waals surface area contributed by atoms with Gasteiger partial charge in [-0.25, -0.2) is 4.98 Å². The molecule has 0 radical (unpaired) electrons. The van der Waals surface area contributed by atoms with Gasteiger partial charge in [0.2, 0.25) is 0 Å². The van der Waals surface area contributed by atoms with Gasteiger partial charge in [-0.1, -0.05) is 32.1 Å². The number of rotatable bonds is 4. The molecule has 0 amide bonds. The van der Waals surface area contributed by atoms with Crippen LogP contribution in [-0.4, -0.2) is 14.5 Å². The first-order valence-corrected chi connectivity index (χ1v) is 7.54. The second-order valence-corrected chi connectivity index (χ2v) is 5.73. The maximum atomic E-state index is 6.04. The SMILES string of the molecule is Nc1ccncc1-c1cncn1CCC1CCCCC1. The van der Waals surface area contributed by atoms with E-state index in [1.54, 1.807) is 6.20 Å². The average molecular weight is 270 g/mol. The zero-order chi connectivity index (χ0) is 13.8. The van der Waals surface area contributed by atoms with Gasteiger partial charge in [-0.2, -0.15) is 0 Å². The number of nitrogens with zero attached hydrogens (tertiary/aromatic N) is 3. The Bertz CT molecular complexity index is 555. The third kappa shape index (κ3) is 2.84. The highest BCUT2D eigenvalue weighted by Gasteiger charge is 2.14. The van der Waals surface area contributed by atoms with Crippen molar-refractivity contribution in [3.05, 3.63) is 31.0 Å². The summed E-state index contributed by atoms with van der Waals surface area (Å²) in [5.41, 5.74) is 8.86. The Morgan fingerprint density at radius 1 is 1.15 bits per heavy atom. The molecule has 1 saturated carbocycles. The van der Waals surface area contributed by atoms with Crippen LogP contribution in [0.1, 0.15) is 38.5 Å². The van der Waals surface area contributed by atoms with Crippen LogP contribution >= 0.6 is 0 Å². The largest absolute Gasteiger partial charge is 0.398 e. The number of nitrogens with two attached hydrogens (primary N) is 1. The van der Waals surface area contributed by atoms with Crippen molar-refractivity contribution in [2.45, 2.75) is 45.1 Å². The van der Waals surface area contributed by atoms with E-state index in [4.69, 9.17) is 5.73 Å². The molecular formula is C16H22N4. The molecule has 2 aromatic rings. The summed E-state index contributed by atoms with van der Waals surface area (Å²) in [6, 6.07) is 1.84. The van der Waals surface area contributed by atoms with E-state index in [-0.39, 0.29) is 0 Å². The lowest BCUT2D eigenvalue weighted by atomic mass is 9.87. The van der Waals surface area contributed by atoms with Crippen LogP contribution in [0.4, 0.5) is 5.69 Å². The fourth-order valence-corrected chi connectivity index (χ4v) is 3.14. The van der Waals surface area contributed by atoms with Crippen LogP contribution < -0.4 is 5.73 Å². The Hall–Kier alpha value is -1.84. The zero-order valence-electron chi connectivity index (χ0n) is 11.8. The monoisotopic (exact) mass is 270 g/mol. The van der Waals surface area contributed by atoms with Gasteiger partial charge >= 0.3 is 0 Å². The molecule has 3 rings (SSSR count). The van der Waals surface area contributed by atoms with Crippen molar-refractivity contribution in [1.29, 1.82) is 0 Å². The van der Waals surface area contributed by atoms with E-state index < -0.39 is 0 Å². The summed E-state index contributed by atoms with van der Waals surface area (Å²) in [6.45, 7) is 1.02. The van der Waals surface area contributed by atoms with Crippen LogP contribution in [0.3, 0.4) is 0 Å². The number of anilines is 1. The number of hydrogen-bond acceptors (Lipinski definition) is 3. The molecule has 2 aromatic heterocycles. The summed E-state index contributed by atoms with van der Waals surface area (Å²) in [5, 5.41) is 0. The van der Waals surface area contributed by atoms with Crippen molar-refractivity contribution < 1.29 is 0 Å². The van der Waals surface area contributed by atoms with E-state index in [9.17, 15) is 0 Å². The van der Waals surface area contributed by atoms with E-state index in [1.165, 1.54) is 38.5 Å². The number of hydrogen-bond donors (Lipinski definition) is 1. The zero-order valence-corrected chi connectivity index (χ0v) is 11.8. The molecule has 1 aliphatic rings. The van der Waals surface area contributed by atoms with Crippen molar-refractivity contribution in [1.82, 2.24) is 14.5 Å². The second-order valence-electron chi connectivity index (χ2n) is 5.73. The van der Waals surface area contributed by atoms with E-state index in [0.29, 0.717) is 0 Å². The maximum absolute atomic E-state index is 6.04. The summed E-state index contributed by atoms with van der Waals surface area (Å²) in [7, 11) is 0. The van der Waals surface area contributed by atoms with Gasteiger partial charge in [0, 0.05) is 30.2 Å². The lowest BCUT2D eigenvalue weighted by molar-refractivity contribution is 0.324. The molecule has 0 saturated heterocycles. The molecule has 0 bridgehead atoms. The van der Waals surface area contributed by atoms with Crippen LogP contribution in [-0.2, 0) is 6.54 Å². The van der Waals surface area contributed by atoms with E-state index >= 15 is 0 Å². The average Bonchev–Trinajstić information content (AvgIpc) is 2.95. The van der Waals surface area contributed by atoms with Crippen LogP contribution in [0.15, 0.2) is 31.0 Å². The number of imidazole rings is 1. The van der Waals surface area contributed by atoms with Crippen molar-refractivity contribution in [2.24, 2.45) is 5.92 Å². The normalized spacial score (nSPS) is 16.4. The first-order chi connectivity index (χ1) is 9.84. The summed E-state index contributed by atoms with van der Waals surface area (Å²) in [4.78, 5) is 8.45. The molecule has 4 nitrogen and oxygen atoms in total. The predicted molar refractivity (Wildman–Crippen MR) is 81.1 cm³/mol. The van der Waals surface area contributed by atoms with Crippen molar-refractivity contribution in [2.75, 3.05) is 5.73 Å². The molecule has 1 aliphatic carbocycles. The van der Waals surface area contributed by atoms with Gasteiger partial charge < -0.3 is 10.3 Å². The first kappa shape index (κ1) is 13.2. The van der Waals surface area contributed by atoms with Gasteiger partial charge in [0.15, 0.2) is 0 Å². The quantitative estimate of drug-likeness (QED) is 0.925. The van der Waals surface area contributed by atoms with Crippen LogP contribution in [0.2, 0.25) is 0 Å². The highest BCUT2D eigenvalue weighted by Crippen LogP contribution is 2.28. The fraction of sp³-hybridized carbons (Fsp3) is 0.500. The van der Waals surface area contributed by atoms with E-state index in [2.05, 4.69) is 14.5 Å². The summed E-state index contributed by atoms with van der Waals surface area (Å²) in [5.74, 6) is 0.880. The highest BCUT2D eigenvalue weighted by atomic mass is 15.0. The minimum Gasteiger partial charge on any atom is -0.398 e. The van der Waals surface area contributed by atoms with Crippen LogP contribution in [0, 0.1) is 5.92 Å². The molecule has 2 N–H and O–H groups in total. The van der Waals surface area contributed by atoms with Gasteiger partial charge in [-0.15, -0.1) is 0 Å². The number of aryl methyl sites for hydroxylation is 1.